The molecular weight excluding hydrogens is 361 g/mol. The van der Waals surface area contributed by atoms with Gasteiger partial charge in [0.15, 0.2) is 0 Å². The van der Waals surface area contributed by atoms with E-state index in [0.29, 0.717) is 23.1 Å². The number of β-amino-alcohol motifs (C(OH)–C–C–N with tert-alkyl or cyclic N) is 1. The van der Waals surface area contributed by atoms with Crippen molar-refractivity contribution in [1.29, 1.82) is 0 Å². The molecule has 126 valence electrons. The number of nitrogens with zero attached hydrogens (tertiary/aromatic N) is 3. The van der Waals surface area contributed by atoms with Gasteiger partial charge >= 0.3 is 0 Å². The Morgan fingerprint density at radius 2 is 2.17 bits per heavy atom. The molecule has 6 nitrogen and oxygen atoms in total. The quantitative estimate of drug-likeness (QED) is 0.738. The monoisotopic (exact) mass is 377 g/mol. The van der Waals surface area contributed by atoms with Gasteiger partial charge in [-0.15, -0.1) is 17.5 Å². The standard InChI is InChI=1S/C14H17Cl2N5O.ClH/c15-10-1-2-13(12(16)3-10)21-8-11(19-20-21)6-17-4-9-5-18-7-14(9)22;/h1-3,8-9,14,17-18,22H,4-7H2;1H. The summed E-state index contributed by atoms with van der Waals surface area (Å²) in [7, 11) is 0. The number of aliphatic hydroxyl groups excluding tert-OH is 1. The minimum absolute atomic E-state index is 0. The second-order valence-electron chi connectivity index (χ2n) is 5.37. The van der Waals surface area contributed by atoms with Crippen molar-refractivity contribution in [3.8, 4) is 5.69 Å². The first kappa shape index (κ1) is 18.4. The van der Waals surface area contributed by atoms with E-state index in [0.717, 1.165) is 24.5 Å². The van der Waals surface area contributed by atoms with Crippen LogP contribution in [0, 0.1) is 5.92 Å². The van der Waals surface area contributed by atoms with Gasteiger partial charge in [0.05, 0.1) is 28.7 Å². The smallest absolute Gasteiger partial charge is 0.0969 e. The van der Waals surface area contributed by atoms with E-state index in [2.05, 4.69) is 20.9 Å². The van der Waals surface area contributed by atoms with Gasteiger partial charge in [0.25, 0.3) is 0 Å². The van der Waals surface area contributed by atoms with Crippen LogP contribution in [-0.4, -0.2) is 45.8 Å². The van der Waals surface area contributed by atoms with Crippen molar-refractivity contribution in [2.24, 2.45) is 5.92 Å². The maximum absolute atomic E-state index is 9.73. The molecule has 0 spiro atoms. The van der Waals surface area contributed by atoms with Gasteiger partial charge in [-0.05, 0) is 18.2 Å². The lowest BCUT2D eigenvalue weighted by atomic mass is 10.1. The largest absolute Gasteiger partial charge is 0.391 e. The molecule has 1 aliphatic heterocycles. The Hall–Kier alpha value is -0.890. The Balaban J connectivity index is 0.00000192. The van der Waals surface area contributed by atoms with Crippen LogP contribution in [0.2, 0.25) is 10.0 Å². The molecule has 1 aromatic carbocycles. The van der Waals surface area contributed by atoms with Crippen molar-refractivity contribution in [3.63, 3.8) is 0 Å². The van der Waals surface area contributed by atoms with Gasteiger partial charge in [-0.25, -0.2) is 4.68 Å². The van der Waals surface area contributed by atoms with E-state index in [-0.39, 0.29) is 24.4 Å². The van der Waals surface area contributed by atoms with Crippen LogP contribution in [0.3, 0.4) is 0 Å². The molecule has 2 atom stereocenters. The summed E-state index contributed by atoms with van der Waals surface area (Å²) in [6.07, 6.45) is 1.54. The van der Waals surface area contributed by atoms with Crippen molar-refractivity contribution >= 4 is 35.6 Å². The molecule has 2 unspecified atom stereocenters. The third kappa shape index (κ3) is 4.56. The van der Waals surface area contributed by atoms with Gasteiger partial charge < -0.3 is 15.7 Å². The molecule has 9 heteroatoms. The molecule has 1 aromatic heterocycles. The van der Waals surface area contributed by atoms with E-state index in [4.69, 9.17) is 23.2 Å². The average molecular weight is 379 g/mol. The summed E-state index contributed by atoms with van der Waals surface area (Å²) >= 11 is 12.0. The predicted octanol–water partition coefficient (Wildman–Crippen LogP) is 1.67. The van der Waals surface area contributed by atoms with Gasteiger partial charge in [-0.1, -0.05) is 28.4 Å². The molecule has 1 fully saturated rings. The van der Waals surface area contributed by atoms with Crippen LogP contribution in [0.4, 0.5) is 0 Å². The summed E-state index contributed by atoms with van der Waals surface area (Å²) in [4.78, 5) is 0. The number of hydrogen-bond donors (Lipinski definition) is 3. The van der Waals surface area contributed by atoms with E-state index >= 15 is 0 Å². The fourth-order valence-corrected chi connectivity index (χ4v) is 2.97. The molecule has 0 radical (unpaired) electrons. The van der Waals surface area contributed by atoms with Crippen LogP contribution < -0.4 is 10.6 Å². The van der Waals surface area contributed by atoms with E-state index < -0.39 is 0 Å². The minimum atomic E-state index is -0.281. The fourth-order valence-electron chi connectivity index (χ4n) is 2.48. The van der Waals surface area contributed by atoms with Crippen LogP contribution in [0.25, 0.3) is 5.69 Å². The van der Waals surface area contributed by atoms with Crippen molar-refractivity contribution < 1.29 is 5.11 Å². The number of rotatable bonds is 5. The Bertz CT molecular complexity index is 651. The van der Waals surface area contributed by atoms with Crippen LogP contribution >= 0.6 is 35.6 Å². The second-order valence-corrected chi connectivity index (χ2v) is 6.21. The summed E-state index contributed by atoms with van der Waals surface area (Å²) < 4.78 is 1.63. The molecule has 0 saturated carbocycles. The Labute approximate surface area is 150 Å². The first-order valence-corrected chi connectivity index (χ1v) is 7.85. The highest BCUT2D eigenvalue weighted by Gasteiger charge is 2.24. The van der Waals surface area contributed by atoms with E-state index in [9.17, 15) is 5.11 Å². The number of hydrogen-bond acceptors (Lipinski definition) is 5. The molecule has 0 bridgehead atoms. The van der Waals surface area contributed by atoms with Crippen LogP contribution in [-0.2, 0) is 6.54 Å². The van der Waals surface area contributed by atoms with Crippen LogP contribution in [0.15, 0.2) is 24.4 Å². The molecule has 0 aliphatic carbocycles. The van der Waals surface area contributed by atoms with Crippen molar-refractivity contribution in [2.45, 2.75) is 12.6 Å². The highest BCUT2D eigenvalue weighted by Crippen LogP contribution is 2.23. The lowest BCUT2D eigenvalue weighted by Gasteiger charge is -2.13. The molecule has 1 saturated heterocycles. The predicted molar refractivity (Wildman–Crippen MR) is 92.7 cm³/mol. The van der Waals surface area contributed by atoms with Gasteiger partial charge in [0, 0.05) is 37.1 Å². The van der Waals surface area contributed by atoms with E-state index in [1.165, 1.54) is 0 Å². The van der Waals surface area contributed by atoms with Crippen molar-refractivity contribution in [1.82, 2.24) is 25.6 Å². The molecule has 1 aliphatic rings. The second kappa shape index (κ2) is 8.28. The van der Waals surface area contributed by atoms with Crippen LogP contribution in [0.5, 0.6) is 0 Å². The van der Waals surface area contributed by atoms with Crippen molar-refractivity contribution in [2.75, 3.05) is 19.6 Å². The van der Waals surface area contributed by atoms with Gasteiger partial charge in [0.2, 0.25) is 0 Å². The zero-order valence-electron chi connectivity index (χ0n) is 12.2. The number of aromatic nitrogens is 3. The average Bonchev–Trinajstić information content (AvgIpc) is 3.09. The highest BCUT2D eigenvalue weighted by atomic mass is 35.5. The molecular formula is C14H18Cl3N5O. The van der Waals surface area contributed by atoms with Gasteiger partial charge in [0.1, 0.15) is 0 Å². The topological polar surface area (TPSA) is 75.0 Å². The molecule has 23 heavy (non-hydrogen) atoms. The van der Waals surface area contributed by atoms with Gasteiger partial charge in [-0.2, -0.15) is 0 Å². The van der Waals surface area contributed by atoms with Gasteiger partial charge in [-0.3, -0.25) is 0 Å². The summed E-state index contributed by atoms with van der Waals surface area (Å²) in [6, 6.07) is 5.24. The first-order valence-electron chi connectivity index (χ1n) is 7.09. The number of benzene rings is 1. The fraction of sp³-hybridized carbons (Fsp3) is 0.429. The first-order chi connectivity index (χ1) is 10.6. The number of halogens is 3. The zero-order valence-corrected chi connectivity index (χ0v) is 14.6. The normalized spacial score (nSPS) is 20.5. The lowest BCUT2D eigenvalue weighted by Crippen LogP contribution is -2.30. The third-order valence-electron chi connectivity index (χ3n) is 3.71. The van der Waals surface area contributed by atoms with E-state index in [1.54, 1.807) is 22.9 Å². The number of aliphatic hydroxyl groups is 1. The number of nitrogens with one attached hydrogen (secondary N) is 2. The Morgan fingerprint density at radius 3 is 2.87 bits per heavy atom. The molecule has 3 rings (SSSR count). The minimum Gasteiger partial charge on any atom is -0.391 e. The molecule has 0 amide bonds. The molecule has 2 aromatic rings. The summed E-state index contributed by atoms with van der Waals surface area (Å²) in [5.41, 5.74) is 1.55. The zero-order chi connectivity index (χ0) is 15.5. The SMILES string of the molecule is Cl.OC1CNCC1CNCc1cn(-c2ccc(Cl)cc2Cl)nn1. The molecule has 3 N–H and O–H groups in total. The summed E-state index contributed by atoms with van der Waals surface area (Å²) in [5.74, 6) is 0.237. The summed E-state index contributed by atoms with van der Waals surface area (Å²) in [5, 5.41) is 25.5. The maximum atomic E-state index is 9.73. The van der Waals surface area contributed by atoms with E-state index in [1.807, 2.05) is 6.20 Å². The Kier molecular flexibility index (Phi) is 6.64. The molecule has 2 heterocycles. The maximum Gasteiger partial charge on any atom is 0.0969 e. The third-order valence-corrected chi connectivity index (χ3v) is 4.25. The van der Waals surface area contributed by atoms with Crippen LogP contribution in [0.1, 0.15) is 5.69 Å². The summed E-state index contributed by atoms with van der Waals surface area (Å²) in [6.45, 7) is 2.83. The Morgan fingerprint density at radius 1 is 1.35 bits per heavy atom. The highest BCUT2D eigenvalue weighted by molar-refractivity contribution is 6.35. The van der Waals surface area contributed by atoms with Crippen molar-refractivity contribution in [3.05, 3.63) is 40.1 Å². The lowest BCUT2D eigenvalue weighted by molar-refractivity contribution is 0.146.